The quantitative estimate of drug-likeness (QED) is 0.794. The molecule has 0 radical (unpaired) electrons. The SMILES string of the molecule is Cc1cccc(NC(=O)C(=O)NCC2CCN(C(=O)c3cccnc3)CC2)c1. The largest absolute Gasteiger partial charge is 0.348 e. The Labute approximate surface area is 164 Å². The average Bonchev–Trinajstić information content (AvgIpc) is 2.72. The van der Waals surface area contributed by atoms with E-state index in [4.69, 9.17) is 0 Å². The summed E-state index contributed by atoms with van der Waals surface area (Å²) in [7, 11) is 0. The van der Waals surface area contributed by atoms with Gasteiger partial charge in [-0.15, -0.1) is 0 Å². The second-order valence-electron chi connectivity index (χ2n) is 7.01. The van der Waals surface area contributed by atoms with Crippen molar-refractivity contribution in [2.75, 3.05) is 25.0 Å². The maximum Gasteiger partial charge on any atom is 0.313 e. The number of amides is 3. The number of carbonyl (C=O) groups is 3. The van der Waals surface area contributed by atoms with Crippen molar-refractivity contribution >= 4 is 23.4 Å². The van der Waals surface area contributed by atoms with Crippen LogP contribution in [-0.4, -0.2) is 47.2 Å². The summed E-state index contributed by atoms with van der Waals surface area (Å²) in [6, 6.07) is 10.8. The number of pyridine rings is 1. The van der Waals surface area contributed by atoms with Crippen LogP contribution in [0.5, 0.6) is 0 Å². The number of nitrogens with one attached hydrogen (secondary N) is 2. The third-order valence-electron chi connectivity index (χ3n) is 4.84. The molecule has 146 valence electrons. The minimum Gasteiger partial charge on any atom is -0.348 e. The highest BCUT2D eigenvalue weighted by Gasteiger charge is 2.24. The van der Waals surface area contributed by atoms with E-state index in [1.165, 1.54) is 0 Å². The van der Waals surface area contributed by atoms with Gasteiger partial charge in [0.25, 0.3) is 5.91 Å². The van der Waals surface area contributed by atoms with Crippen LogP contribution in [0.4, 0.5) is 5.69 Å². The highest BCUT2D eigenvalue weighted by atomic mass is 16.2. The lowest BCUT2D eigenvalue weighted by Crippen LogP contribution is -2.43. The van der Waals surface area contributed by atoms with Crippen molar-refractivity contribution in [1.29, 1.82) is 0 Å². The van der Waals surface area contributed by atoms with Crippen LogP contribution in [0.15, 0.2) is 48.8 Å². The van der Waals surface area contributed by atoms with E-state index in [0.717, 1.165) is 18.4 Å². The molecule has 0 atom stereocenters. The highest BCUT2D eigenvalue weighted by Crippen LogP contribution is 2.18. The summed E-state index contributed by atoms with van der Waals surface area (Å²) < 4.78 is 0. The number of anilines is 1. The first-order valence-electron chi connectivity index (χ1n) is 9.38. The van der Waals surface area contributed by atoms with Gasteiger partial charge in [0.05, 0.1) is 5.56 Å². The zero-order valence-corrected chi connectivity index (χ0v) is 15.9. The van der Waals surface area contributed by atoms with Gasteiger partial charge in [0.1, 0.15) is 0 Å². The lowest BCUT2D eigenvalue weighted by molar-refractivity contribution is -0.136. The van der Waals surface area contributed by atoms with Crippen molar-refractivity contribution in [2.24, 2.45) is 5.92 Å². The molecule has 2 N–H and O–H groups in total. The molecule has 2 heterocycles. The Hall–Kier alpha value is -3.22. The van der Waals surface area contributed by atoms with Gasteiger partial charge in [-0.25, -0.2) is 0 Å². The molecule has 1 aromatic heterocycles. The Morgan fingerprint density at radius 2 is 1.89 bits per heavy atom. The summed E-state index contributed by atoms with van der Waals surface area (Å²) in [5.41, 5.74) is 2.19. The minimum absolute atomic E-state index is 0.0203. The van der Waals surface area contributed by atoms with Crippen LogP contribution < -0.4 is 10.6 Å². The first-order valence-corrected chi connectivity index (χ1v) is 9.38. The molecule has 0 unspecified atom stereocenters. The van der Waals surface area contributed by atoms with E-state index in [0.29, 0.717) is 30.9 Å². The third-order valence-corrected chi connectivity index (χ3v) is 4.84. The van der Waals surface area contributed by atoms with E-state index in [2.05, 4.69) is 15.6 Å². The summed E-state index contributed by atoms with van der Waals surface area (Å²) in [4.78, 5) is 42.3. The molecular formula is C21H24N4O3. The van der Waals surface area contributed by atoms with Crippen molar-refractivity contribution in [3.05, 3.63) is 59.9 Å². The molecule has 2 aromatic rings. The molecule has 0 spiro atoms. The molecule has 0 aliphatic carbocycles. The zero-order chi connectivity index (χ0) is 19.9. The summed E-state index contributed by atoms with van der Waals surface area (Å²) in [5.74, 6) is -1.09. The Balaban J connectivity index is 1.42. The maximum absolute atomic E-state index is 12.4. The van der Waals surface area contributed by atoms with Crippen LogP contribution in [0.1, 0.15) is 28.8 Å². The molecule has 0 bridgehead atoms. The molecule has 0 saturated carbocycles. The first kappa shape index (κ1) is 19.5. The van der Waals surface area contributed by atoms with Gasteiger partial charge >= 0.3 is 11.8 Å². The van der Waals surface area contributed by atoms with E-state index < -0.39 is 11.8 Å². The maximum atomic E-state index is 12.4. The Bertz CT molecular complexity index is 846. The topological polar surface area (TPSA) is 91.4 Å². The van der Waals surface area contributed by atoms with Gasteiger partial charge in [0, 0.05) is 37.7 Å². The zero-order valence-electron chi connectivity index (χ0n) is 15.9. The lowest BCUT2D eigenvalue weighted by Gasteiger charge is -2.32. The summed E-state index contributed by atoms with van der Waals surface area (Å²) >= 11 is 0. The normalized spacial score (nSPS) is 14.4. The Morgan fingerprint density at radius 3 is 2.57 bits per heavy atom. The van der Waals surface area contributed by atoms with Crippen molar-refractivity contribution in [1.82, 2.24) is 15.2 Å². The van der Waals surface area contributed by atoms with Crippen LogP contribution in [0.2, 0.25) is 0 Å². The van der Waals surface area contributed by atoms with Crippen LogP contribution in [0, 0.1) is 12.8 Å². The number of piperidine rings is 1. The van der Waals surface area contributed by atoms with E-state index in [1.54, 1.807) is 41.6 Å². The Morgan fingerprint density at radius 1 is 1.11 bits per heavy atom. The van der Waals surface area contributed by atoms with Gasteiger partial charge in [-0.1, -0.05) is 12.1 Å². The van der Waals surface area contributed by atoms with Crippen molar-refractivity contribution in [3.8, 4) is 0 Å². The van der Waals surface area contributed by atoms with Crippen LogP contribution in [0.25, 0.3) is 0 Å². The van der Waals surface area contributed by atoms with E-state index in [-0.39, 0.29) is 11.8 Å². The number of aryl methyl sites for hydroxylation is 1. The van der Waals surface area contributed by atoms with Gasteiger partial charge in [0.2, 0.25) is 0 Å². The molecule has 3 rings (SSSR count). The number of likely N-dealkylation sites (tertiary alicyclic amines) is 1. The van der Waals surface area contributed by atoms with E-state index in [9.17, 15) is 14.4 Å². The Kier molecular flexibility index (Phi) is 6.37. The van der Waals surface area contributed by atoms with Crippen LogP contribution in [-0.2, 0) is 9.59 Å². The molecule has 1 aromatic carbocycles. The smallest absolute Gasteiger partial charge is 0.313 e. The second-order valence-corrected chi connectivity index (χ2v) is 7.01. The van der Waals surface area contributed by atoms with E-state index in [1.807, 2.05) is 19.1 Å². The number of hydrogen-bond donors (Lipinski definition) is 2. The summed E-state index contributed by atoms with van der Waals surface area (Å²) in [5, 5.41) is 5.30. The summed E-state index contributed by atoms with van der Waals surface area (Å²) in [6.45, 7) is 3.60. The second kappa shape index (κ2) is 9.12. The molecule has 28 heavy (non-hydrogen) atoms. The fourth-order valence-corrected chi connectivity index (χ4v) is 3.24. The number of carbonyl (C=O) groups excluding carboxylic acids is 3. The highest BCUT2D eigenvalue weighted by molar-refractivity contribution is 6.39. The number of nitrogens with zero attached hydrogens (tertiary/aromatic N) is 2. The van der Waals surface area contributed by atoms with E-state index >= 15 is 0 Å². The molecule has 1 fully saturated rings. The molecule has 7 nitrogen and oxygen atoms in total. The number of hydrogen-bond acceptors (Lipinski definition) is 4. The number of aromatic nitrogens is 1. The number of benzene rings is 1. The van der Waals surface area contributed by atoms with Crippen LogP contribution in [0.3, 0.4) is 0 Å². The van der Waals surface area contributed by atoms with Crippen LogP contribution >= 0.6 is 0 Å². The van der Waals surface area contributed by atoms with Crippen molar-refractivity contribution in [2.45, 2.75) is 19.8 Å². The number of rotatable bonds is 4. The third kappa shape index (κ3) is 5.16. The molecule has 1 aliphatic rings. The monoisotopic (exact) mass is 380 g/mol. The van der Waals surface area contributed by atoms with Gasteiger partial charge in [0.15, 0.2) is 0 Å². The molecule has 1 saturated heterocycles. The van der Waals surface area contributed by atoms with Gasteiger partial charge in [-0.3, -0.25) is 19.4 Å². The standard InChI is InChI=1S/C21H24N4O3/c1-15-4-2-6-18(12-15)24-20(27)19(26)23-13-16-7-10-25(11-8-16)21(28)17-5-3-9-22-14-17/h2-6,9,12,14,16H,7-8,10-11,13H2,1H3,(H,23,26)(H,24,27). The molecule has 3 amide bonds. The average molecular weight is 380 g/mol. The predicted molar refractivity (Wildman–Crippen MR) is 106 cm³/mol. The molecular weight excluding hydrogens is 356 g/mol. The minimum atomic E-state index is -0.671. The van der Waals surface area contributed by atoms with Gasteiger partial charge in [-0.05, 0) is 55.5 Å². The van der Waals surface area contributed by atoms with Gasteiger partial charge in [-0.2, -0.15) is 0 Å². The molecule has 7 heteroatoms. The lowest BCUT2D eigenvalue weighted by atomic mass is 9.96. The van der Waals surface area contributed by atoms with Crippen molar-refractivity contribution < 1.29 is 14.4 Å². The fraction of sp³-hybridized carbons (Fsp3) is 0.333. The summed E-state index contributed by atoms with van der Waals surface area (Å²) in [6.07, 6.45) is 4.78. The van der Waals surface area contributed by atoms with Crippen molar-refractivity contribution in [3.63, 3.8) is 0 Å². The first-order chi connectivity index (χ1) is 13.5. The molecule has 1 aliphatic heterocycles. The fourth-order valence-electron chi connectivity index (χ4n) is 3.24. The van der Waals surface area contributed by atoms with Gasteiger partial charge < -0.3 is 15.5 Å². The predicted octanol–water partition coefficient (Wildman–Crippen LogP) is 2.00.